The molecule has 0 bridgehead atoms. The average molecular weight is 1860 g/mol. The molecule has 16 heteroatoms. The fourth-order valence-electron chi connectivity index (χ4n) is 12.8. The predicted octanol–water partition coefficient (Wildman–Crippen LogP) is 18.1. The summed E-state index contributed by atoms with van der Waals surface area (Å²) in [7, 11) is 5.92. The second-order valence-corrected chi connectivity index (χ2v) is 24.9. The molecule has 9 aromatic carbocycles. The summed E-state index contributed by atoms with van der Waals surface area (Å²) < 4.78 is 18.7. The molecule has 15 aromatic rings. The minimum absolute atomic E-state index is 0. The van der Waals surface area contributed by atoms with Crippen LogP contribution in [-0.4, -0.2) is 57.3 Å². The van der Waals surface area contributed by atoms with Gasteiger partial charge < -0.3 is 27.6 Å². The van der Waals surface area contributed by atoms with Gasteiger partial charge in [-0.05, 0) is 120 Å². The van der Waals surface area contributed by atoms with Crippen LogP contribution in [0.2, 0.25) is 0 Å². The zero-order chi connectivity index (χ0) is 68.0. The van der Waals surface area contributed by atoms with Crippen molar-refractivity contribution in [2.75, 3.05) is 0 Å². The molecule has 6 heterocycles. The SMILES string of the molecule is Cc1cc(C)c(-n2cc(-c3[c-]cccc3)nc2Cc2[c-]c(-c3cn(C)cn3)ccc2)c(C)c1.Cc1cc(C)c(-n2cc(-c3[c-]cccc3)nc2Oc2[c-]c(-c3cn(C)cn3)ccc2)c(C)c1.Cc1cccc(C)c1-n1cc(-c2[c-]cccc2)nc1Cc1[c-]c(-c2nccn2C)ccc1.[Pt+2].[Pt+2].[Pt+2]. The molecule has 6 aromatic heterocycles. The van der Waals surface area contributed by atoms with Crippen LogP contribution in [0.1, 0.15) is 67.3 Å². The van der Waals surface area contributed by atoms with E-state index in [0.29, 0.717) is 24.6 Å². The molecule has 13 nitrogen and oxygen atoms in total. The van der Waals surface area contributed by atoms with Crippen molar-refractivity contribution in [1.82, 2.24) is 57.3 Å². The molecule has 0 unspecified atom stereocenters. The Bertz CT molecular complexity index is 5000. The molecule has 0 amide bonds. The van der Waals surface area contributed by atoms with Crippen LogP contribution in [0, 0.1) is 91.8 Å². The average Bonchev–Trinajstić information content (AvgIpc) is 1.67. The third-order valence-corrected chi connectivity index (χ3v) is 17.0. The normalized spacial score (nSPS) is 10.8. The van der Waals surface area contributed by atoms with Crippen molar-refractivity contribution in [3.63, 3.8) is 0 Å². The van der Waals surface area contributed by atoms with E-state index >= 15 is 0 Å². The van der Waals surface area contributed by atoms with Crippen LogP contribution in [0.5, 0.6) is 11.8 Å². The molecule has 0 N–H and O–H groups in total. The molecule has 0 saturated heterocycles. The van der Waals surface area contributed by atoms with E-state index in [1.807, 2.05) is 162 Å². The van der Waals surface area contributed by atoms with Gasteiger partial charge in [-0.25, -0.2) is 4.98 Å². The van der Waals surface area contributed by atoms with Gasteiger partial charge in [0.25, 0.3) is 6.01 Å². The molecular weight excluding hydrogens is 1790 g/mol. The van der Waals surface area contributed by atoms with Crippen molar-refractivity contribution in [2.24, 2.45) is 21.1 Å². The first kappa shape index (κ1) is 73.8. The van der Waals surface area contributed by atoms with Crippen molar-refractivity contribution in [3.05, 3.63) is 330 Å². The molecule has 0 atom stereocenters. The summed E-state index contributed by atoms with van der Waals surface area (Å²) in [6.07, 6.45) is 18.9. The fourth-order valence-corrected chi connectivity index (χ4v) is 12.8. The molecule has 0 aliphatic rings. The maximum Gasteiger partial charge on any atom is 2.00 e. The van der Waals surface area contributed by atoms with Crippen LogP contribution in [0.3, 0.4) is 0 Å². The Balaban J connectivity index is 0.000000161. The minimum Gasteiger partial charge on any atom is -0.446 e. The second kappa shape index (κ2) is 33.1. The monoisotopic (exact) mass is 1860 g/mol. The van der Waals surface area contributed by atoms with E-state index in [1.165, 1.54) is 44.8 Å². The summed E-state index contributed by atoms with van der Waals surface area (Å²) in [6.45, 7) is 17.1. The van der Waals surface area contributed by atoms with Gasteiger partial charge in [0.1, 0.15) is 11.6 Å². The Morgan fingerprint density at radius 1 is 0.376 bits per heavy atom. The molecule has 0 radical (unpaired) electrons. The van der Waals surface area contributed by atoms with E-state index in [1.54, 1.807) is 6.33 Å². The van der Waals surface area contributed by atoms with Crippen molar-refractivity contribution in [2.45, 2.75) is 68.2 Å². The predicted molar refractivity (Wildman–Crippen MR) is 390 cm³/mol. The first-order valence-electron chi connectivity index (χ1n) is 32.6. The number of hydrogen-bond donors (Lipinski definition) is 0. The van der Waals surface area contributed by atoms with Crippen LogP contribution in [0.4, 0.5) is 0 Å². The molecule has 0 fully saturated rings. The van der Waals surface area contributed by atoms with E-state index in [2.05, 4.69) is 213 Å². The number of hydrogen-bond acceptors (Lipinski definition) is 7. The van der Waals surface area contributed by atoms with Crippen LogP contribution >= 0.6 is 0 Å². The third-order valence-electron chi connectivity index (χ3n) is 17.0. The van der Waals surface area contributed by atoms with Gasteiger partial charge in [0.15, 0.2) is 0 Å². The van der Waals surface area contributed by atoms with Gasteiger partial charge in [-0.3, -0.25) is 29.5 Å². The summed E-state index contributed by atoms with van der Waals surface area (Å²) in [5.74, 6) is 3.44. The van der Waals surface area contributed by atoms with Gasteiger partial charge >= 0.3 is 63.2 Å². The van der Waals surface area contributed by atoms with E-state index in [9.17, 15) is 0 Å². The van der Waals surface area contributed by atoms with Crippen LogP contribution < -0.4 is 4.74 Å². The number of benzene rings is 9. The number of rotatable bonds is 15. The Kier molecular flexibility index (Phi) is 24.2. The van der Waals surface area contributed by atoms with E-state index < -0.39 is 0 Å². The molecule has 0 saturated carbocycles. The van der Waals surface area contributed by atoms with Crippen molar-refractivity contribution >= 4 is 0 Å². The smallest absolute Gasteiger partial charge is 0.446 e. The zero-order valence-corrected chi connectivity index (χ0v) is 64.8. The summed E-state index contributed by atoms with van der Waals surface area (Å²) in [6, 6.07) is 78.0. The molecular formula is C85H74N12OPt3. The van der Waals surface area contributed by atoms with Crippen LogP contribution in [-0.2, 0) is 97.2 Å². The fraction of sp³-hybridized carbons (Fsp3) is 0.153. The van der Waals surface area contributed by atoms with Crippen LogP contribution in [0.15, 0.2) is 226 Å². The summed E-state index contributed by atoms with van der Waals surface area (Å²) in [4.78, 5) is 28.3. The minimum atomic E-state index is 0. The largest absolute Gasteiger partial charge is 2.00 e. The van der Waals surface area contributed by atoms with Gasteiger partial charge in [-0.2, -0.15) is 0 Å². The van der Waals surface area contributed by atoms with Crippen molar-refractivity contribution < 1.29 is 67.9 Å². The molecule has 0 aliphatic carbocycles. The van der Waals surface area contributed by atoms with E-state index in [0.717, 1.165) is 107 Å². The number of ether oxygens (including phenoxy) is 1. The number of para-hydroxylation sites is 1. The molecule has 0 spiro atoms. The van der Waals surface area contributed by atoms with Crippen molar-refractivity contribution in [3.8, 4) is 96.5 Å². The molecule has 15 rings (SSSR count). The summed E-state index contributed by atoms with van der Waals surface area (Å²) in [5, 5.41) is 0. The first-order valence-corrected chi connectivity index (χ1v) is 32.6. The Hall–Kier alpha value is -9.90. The second-order valence-electron chi connectivity index (χ2n) is 24.9. The van der Waals surface area contributed by atoms with E-state index in [4.69, 9.17) is 19.7 Å². The quantitative estimate of drug-likeness (QED) is 0.0939. The van der Waals surface area contributed by atoms with Gasteiger partial charge in [0.05, 0.1) is 35.5 Å². The van der Waals surface area contributed by atoms with Gasteiger partial charge in [0.2, 0.25) is 0 Å². The zero-order valence-electron chi connectivity index (χ0n) is 58.0. The van der Waals surface area contributed by atoms with Gasteiger partial charge in [-0.1, -0.05) is 59.7 Å². The summed E-state index contributed by atoms with van der Waals surface area (Å²) in [5.41, 5.74) is 25.4. The van der Waals surface area contributed by atoms with Gasteiger partial charge in [0, 0.05) is 80.6 Å². The van der Waals surface area contributed by atoms with Crippen molar-refractivity contribution in [1.29, 1.82) is 0 Å². The summed E-state index contributed by atoms with van der Waals surface area (Å²) >= 11 is 0. The standard InChI is InChI=1S/C29H26N4.C28H24N4O.C28H24N4.3Pt/c1-20-13-21(2)29(22(3)14-20)33-18-27(24-10-6-5-7-11-24)31-28(33)16-23-9-8-12-25(15-23)26-17-32(4)19-30-26;1-19-13-20(2)27(21(3)14-19)32-17-26(22-9-6-5-7-10-22)30-28(32)33-24-12-8-11-23(15-24)25-16-31(4)18-29-25;1-20-9-7-10-21(2)27(20)32-19-25(23-12-5-4-6-13-23)30-26(32)18-22-11-8-14-24(17-22)28-29-15-16-31(28)3;;;/h5-10,12-14,17-19H,16H2,1-4H3;5-9,11-14,16-18H,1-4H3;4-12,14-16,19H,18H2,1-3H3;;;/q3*-2;3*+2. The Morgan fingerprint density at radius 3 is 1.23 bits per heavy atom. The first-order chi connectivity index (χ1) is 47.5. The van der Waals surface area contributed by atoms with Crippen LogP contribution in [0.25, 0.3) is 84.7 Å². The van der Waals surface area contributed by atoms with Gasteiger partial charge in [-0.15, -0.1) is 202 Å². The number of aryl methyl sites for hydroxylation is 11. The third kappa shape index (κ3) is 17.1. The molecule has 101 heavy (non-hydrogen) atoms. The maximum absolute atomic E-state index is 6.32. The Morgan fingerprint density at radius 2 is 0.782 bits per heavy atom. The number of nitrogens with zero attached hydrogens (tertiary/aromatic N) is 12. The number of aromatic nitrogens is 12. The van der Waals surface area contributed by atoms with E-state index in [-0.39, 0.29) is 63.2 Å². The topological polar surface area (TPSA) is 116 Å². The molecule has 0 aliphatic heterocycles. The maximum atomic E-state index is 6.32. The molecule has 510 valence electrons. The number of imidazole rings is 6. The Labute approximate surface area is 635 Å².